The van der Waals surface area contributed by atoms with Gasteiger partial charge >= 0.3 is 5.97 Å². The highest BCUT2D eigenvalue weighted by Gasteiger charge is 2.31. The number of carbonyl (C=O) groups excluding carboxylic acids is 1. The number of carboxylic acids is 1. The number of rotatable bonds is 5. The summed E-state index contributed by atoms with van der Waals surface area (Å²) in [7, 11) is 1.59. The topological polar surface area (TPSA) is 75.6 Å². The maximum absolute atomic E-state index is 11.4. The lowest BCUT2D eigenvalue weighted by molar-refractivity contribution is -0.138. The number of hydrogen-bond donors (Lipinski definition) is 2. The average molecular weight is 337 g/mol. The lowest BCUT2D eigenvalue weighted by atomic mass is 9.88. The van der Waals surface area contributed by atoms with Crippen molar-refractivity contribution < 1.29 is 19.4 Å². The van der Waals surface area contributed by atoms with E-state index in [9.17, 15) is 14.7 Å². The minimum atomic E-state index is -0.922. The van der Waals surface area contributed by atoms with Crippen molar-refractivity contribution in [3.8, 4) is 5.75 Å². The van der Waals surface area contributed by atoms with Crippen LogP contribution in [0.15, 0.2) is 17.0 Å². The van der Waals surface area contributed by atoms with E-state index in [1.54, 1.807) is 21.0 Å². The smallest absolute Gasteiger partial charge is 0.319 e. The van der Waals surface area contributed by atoms with Crippen molar-refractivity contribution in [3.63, 3.8) is 0 Å². The van der Waals surface area contributed by atoms with E-state index < -0.39 is 10.7 Å². The van der Waals surface area contributed by atoms with Gasteiger partial charge in [0.1, 0.15) is 10.5 Å². The molecule has 23 heavy (non-hydrogen) atoms. The second-order valence-electron chi connectivity index (χ2n) is 6.33. The fraction of sp³-hybridized carbons (Fsp3) is 0.529. The Morgan fingerprint density at radius 3 is 2.61 bits per heavy atom. The van der Waals surface area contributed by atoms with E-state index in [2.05, 4.69) is 5.32 Å². The van der Waals surface area contributed by atoms with E-state index in [0.29, 0.717) is 5.75 Å². The van der Waals surface area contributed by atoms with Gasteiger partial charge in [-0.05, 0) is 56.4 Å². The van der Waals surface area contributed by atoms with Gasteiger partial charge in [0.25, 0.3) is 0 Å². The van der Waals surface area contributed by atoms with Crippen molar-refractivity contribution in [3.05, 3.63) is 23.3 Å². The fourth-order valence-corrected chi connectivity index (χ4v) is 3.81. The summed E-state index contributed by atoms with van der Waals surface area (Å²) in [5.74, 6) is -0.180. The quantitative estimate of drug-likeness (QED) is 0.808. The van der Waals surface area contributed by atoms with Crippen LogP contribution in [0, 0.1) is 0 Å². The van der Waals surface area contributed by atoms with Gasteiger partial charge in [0.05, 0.1) is 12.0 Å². The number of aryl methyl sites for hydroxylation is 1. The van der Waals surface area contributed by atoms with Crippen LogP contribution in [-0.2, 0) is 22.4 Å². The molecule has 0 saturated carbocycles. The Morgan fingerprint density at radius 2 is 2.04 bits per heavy atom. The first-order chi connectivity index (χ1) is 10.7. The highest BCUT2D eigenvalue weighted by molar-refractivity contribution is 8.01. The highest BCUT2D eigenvalue weighted by atomic mass is 32.2. The van der Waals surface area contributed by atoms with Crippen molar-refractivity contribution in [2.75, 3.05) is 7.11 Å². The summed E-state index contributed by atoms with van der Waals surface area (Å²) in [5, 5.41) is 12.3. The zero-order valence-electron chi connectivity index (χ0n) is 13.9. The third-order valence-electron chi connectivity index (χ3n) is 4.00. The molecule has 1 unspecified atom stereocenters. The summed E-state index contributed by atoms with van der Waals surface area (Å²) >= 11 is 1.30. The molecule has 0 radical (unpaired) electrons. The van der Waals surface area contributed by atoms with Crippen LogP contribution >= 0.6 is 11.8 Å². The van der Waals surface area contributed by atoms with Gasteiger partial charge in [0.15, 0.2) is 0 Å². The van der Waals surface area contributed by atoms with Gasteiger partial charge in [-0.2, -0.15) is 0 Å². The van der Waals surface area contributed by atoms with Crippen LogP contribution in [0.25, 0.3) is 0 Å². The zero-order chi connectivity index (χ0) is 17.2. The van der Waals surface area contributed by atoms with Crippen LogP contribution in [0.4, 0.5) is 0 Å². The summed E-state index contributed by atoms with van der Waals surface area (Å²) in [6.45, 7) is 4.90. The summed E-state index contributed by atoms with van der Waals surface area (Å²) in [6, 6.07) is 4.16. The molecule has 0 aliphatic heterocycles. The standard InChI is InChI=1S/C17H23NO4S/c1-10(19)18-13-6-5-11-9-15(23-17(2,3)16(20)21)14(22-4)8-12(11)7-13/h8-9,13H,5-7H2,1-4H3,(H,18,19)(H,20,21). The van der Waals surface area contributed by atoms with Crippen molar-refractivity contribution >= 4 is 23.6 Å². The fourth-order valence-electron chi connectivity index (χ4n) is 2.73. The minimum Gasteiger partial charge on any atom is -0.496 e. The maximum atomic E-state index is 11.4. The number of benzene rings is 1. The average Bonchev–Trinajstić information content (AvgIpc) is 2.45. The minimum absolute atomic E-state index is 0.0131. The Bertz CT molecular complexity index is 627. The number of hydrogen-bond acceptors (Lipinski definition) is 4. The SMILES string of the molecule is COc1cc2c(cc1SC(C)(C)C(=O)O)CCC(NC(C)=O)C2. The third kappa shape index (κ3) is 4.19. The predicted molar refractivity (Wildman–Crippen MR) is 90.2 cm³/mol. The number of thioether (sulfide) groups is 1. The molecule has 0 aromatic heterocycles. The van der Waals surface area contributed by atoms with Crippen LogP contribution in [0.1, 0.15) is 38.3 Å². The van der Waals surface area contributed by atoms with Crippen LogP contribution in [0.3, 0.4) is 0 Å². The largest absolute Gasteiger partial charge is 0.496 e. The van der Waals surface area contributed by atoms with Gasteiger partial charge in [-0.1, -0.05) is 0 Å². The summed E-state index contributed by atoms with van der Waals surface area (Å²) in [5.41, 5.74) is 2.36. The Labute approximate surface area is 140 Å². The number of nitrogens with one attached hydrogen (secondary N) is 1. The molecule has 0 saturated heterocycles. The number of ether oxygens (including phenoxy) is 1. The van der Waals surface area contributed by atoms with E-state index in [4.69, 9.17) is 4.74 Å². The molecule has 1 atom stereocenters. The van der Waals surface area contributed by atoms with Crippen molar-refractivity contribution in [2.24, 2.45) is 0 Å². The summed E-state index contributed by atoms with van der Waals surface area (Å²) in [4.78, 5) is 23.4. The highest BCUT2D eigenvalue weighted by Crippen LogP contribution is 2.41. The second kappa shape index (κ2) is 6.83. The molecular formula is C17H23NO4S. The molecule has 0 bridgehead atoms. The van der Waals surface area contributed by atoms with Crippen molar-refractivity contribution in [1.82, 2.24) is 5.32 Å². The Hall–Kier alpha value is -1.69. The van der Waals surface area contributed by atoms with Gasteiger partial charge in [0, 0.05) is 13.0 Å². The number of methoxy groups -OCH3 is 1. The number of carbonyl (C=O) groups is 2. The van der Waals surface area contributed by atoms with Crippen molar-refractivity contribution in [2.45, 2.75) is 55.7 Å². The summed E-state index contributed by atoms with van der Waals surface area (Å²) < 4.78 is 4.53. The van der Waals surface area contributed by atoms with Crippen LogP contribution in [0.2, 0.25) is 0 Å². The van der Waals surface area contributed by atoms with Crippen LogP contribution in [-0.4, -0.2) is 34.9 Å². The molecule has 6 heteroatoms. The Kier molecular flexibility index (Phi) is 5.24. The monoisotopic (exact) mass is 337 g/mol. The number of fused-ring (bicyclic) bond motifs is 1. The number of aliphatic carboxylic acids is 1. The first kappa shape index (κ1) is 17.7. The molecule has 5 nitrogen and oxygen atoms in total. The number of amides is 1. The predicted octanol–water partition coefficient (Wildman–Crippen LogP) is 2.64. The molecule has 0 spiro atoms. The second-order valence-corrected chi connectivity index (χ2v) is 7.99. The lowest BCUT2D eigenvalue weighted by Gasteiger charge is -2.27. The van der Waals surface area contributed by atoms with E-state index >= 15 is 0 Å². The maximum Gasteiger partial charge on any atom is 0.319 e. The van der Waals surface area contributed by atoms with Crippen LogP contribution in [0.5, 0.6) is 5.75 Å². The third-order valence-corrected chi connectivity index (χ3v) is 5.23. The van der Waals surface area contributed by atoms with Gasteiger partial charge < -0.3 is 15.2 Å². The van der Waals surface area contributed by atoms with E-state index in [-0.39, 0.29) is 11.9 Å². The molecule has 1 aromatic carbocycles. The zero-order valence-corrected chi connectivity index (χ0v) is 14.8. The molecule has 1 aliphatic carbocycles. The van der Waals surface area contributed by atoms with Crippen molar-refractivity contribution in [1.29, 1.82) is 0 Å². The molecule has 1 aromatic rings. The molecule has 1 aliphatic rings. The molecule has 2 rings (SSSR count). The van der Waals surface area contributed by atoms with Gasteiger partial charge in [-0.25, -0.2) is 0 Å². The summed E-state index contributed by atoms with van der Waals surface area (Å²) in [6.07, 6.45) is 2.54. The Balaban J connectivity index is 2.28. The van der Waals surface area contributed by atoms with Gasteiger partial charge in [0.2, 0.25) is 5.91 Å². The molecule has 126 valence electrons. The Morgan fingerprint density at radius 1 is 1.35 bits per heavy atom. The van der Waals surface area contributed by atoms with E-state index in [1.807, 2.05) is 12.1 Å². The molecular weight excluding hydrogens is 314 g/mol. The molecule has 1 amide bonds. The molecule has 0 fully saturated rings. The normalized spacial score (nSPS) is 17.3. The molecule has 0 heterocycles. The first-order valence-corrected chi connectivity index (χ1v) is 8.44. The first-order valence-electron chi connectivity index (χ1n) is 7.62. The van der Waals surface area contributed by atoms with E-state index in [0.717, 1.165) is 29.7 Å². The number of carboxylic acid groups (broad SMARTS) is 1. The van der Waals surface area contributed by atoms with E-state index in [1.165, 1.54) is 24.2 Å². The molecule has 2 N–H and O–H groups in total. The van der Waals surface area contributed by atoms with Gasteiger partial charge in [-0.15, -0.1) is 11.8 Å². The van der Waals surface area contributed by atoms with Crippen LogP contribution < -0.4 is 10.1 Å². The lowest BCUT2D eigenvalue weighted by Crippen LogP contribution is -2.37. The van der Waals surface area contributed by atoms with Gasteiger partial charge in [-0.3, -0.25) is 9.59 Å².